The van der Waals surface area contributed by atoms with Crippen LogP contribution in [0.1, 0.15) is 71.1 Å². The quantitative estimate of drug-likeness (QED) is 0.570. The molecule has 23 heavy (non-hydrogen) atoms. The lowest BCUT2D eigenvalue weighted by atomic mass is 9.64. The molecule has 3 fully saturated rings. The van der Waals surface area contributed by atoms with Gasteiger partial charge in [-0.15, -0.1) is 0 Å². The van der Waals surface area contributed by atoms with E-state index in [1.165, 1.54) is 25.7 Å². The van der Waals surface area contributed by atoms with Gasteiger partial charge >= 0.3 is 0 Å². The Hall–Kier alpha value is -0.210. The average Bonchev–Trinajstić information content (AvgIpc) is 2.55. The fourth-order valence-electron chi connectivity index (χ4n) is 5.66. The summed E-state index contributed by atoms with van der Waals surface area (Å²) < 4.78 is 41.6. The summed E-state index contributed by atoms with van der Waals surface area (Å²) in [6, 6.07) is 0. The predicted molar refractivity (Wildman–Crippen MR) is 88.6 cm³/mol. The second kappa shape index (κ2) is 7.78. The minimum absolute atomic E-state index is 0.0348. The molecule has 0 N–H and O–H groups in total. The summed E-state index contributed by atoms with van der Waals surface area (Å²) in [5.41, 5.74) is 0. The van der Waals surface area contributed by atoms with Gasteiger partial charge in [0, 0.05) is 5.92 Å². The molecule has 0 amide bonds. The summed E-state index contributed by atoms with van der Waals surface area (Å²) in [5, 5.41) is 0. The van der Waals surface area contributed by atoms with Gasteiger partial charge in [-0.2, -0.15) is 0 Å². The van der Waals surface area contributed by atoms with Gasteiger partial charge < -0.3 is 0 Å². The van der Waals surface area contributed by atoms with E-state index < -0.39 is 24.9 Å². The van der Waals surface area contributed by atoms with Crippen LogP contribution >= 0.6 is 0 Å². The molecule has 0 aromatic heterocycles. The summed E-state index contributed by atoms with van der Waals surface area (Å²) in [5.74, 6) is 1.88. The molecule has 6 unspecified atom stereocenters. The first-order valence-corrected chi connectivity index (χ1v) is 9.92. The lowest BCUT2D eigenvalue weighted by Gasteiger charge is -2.43. The largest absolute Gasteiger partial charge is 0.251 e. The predicted octanol–water partition coefficient (Wildman–Crippen LogP) is 6.29. The van der Waals surface area contributed by atoms with Crippen molar-refractivity contribution in [1.82, 2.24) is 0 Å². The Morgan fingerprint density at radius 3 is 1.91 bits per heavy atom. The molecule has 0 bridgehead atoms. The zero-order valence-electron chi connectivity index (χ0n) is 14.5. The second-order valence-corrected chi connectivity index (χ2v) is 8.78. The zero-order valence-corrected chi connectivity index (χ0v) is 14.5. The summed E-state index contributed by atoms with van der Waals surface area (Å²) in [7, 11) is 0. The Labute approximate surface area is 139 Å². The maximum Gasteiger partial charge on any atom is 0.106 e. The standard InChI is InChI=1S/C20H33F3/c1-13-2-4-14(5-3-13)15-8-9-18(20(23)10-15)16-6-7-17(12-21)19(22)11-16/h13-20H,2-12H2,1H3. The van der Waals surface area contributed by atoms with Crippen LogP contribution in [0.3, 0.4) is 0 Å². The van der Waals surface area contributed by atoms with Crippen LogP contribution in [0, 0.1) is 35.5 Å². The molecule has 0 nitrogen and oxygen atoms in total. The fourth-order valence-corrected chi connectivity index (χ4v) is 5.66. The lowest BCUT2D eigenvalue weighted by Crippen LogP contribution is -2.39. The van der Waals surface area contributed by atoms with Gasteiger partial charge in [0.1, 0.15) is 12.3 Å². The molecule has 0 aromatic rings. The van der Waals surface area contributed by atoms with Crippen LogP contribution in [0.5, 0.6) is 0 Å². The smallest absolute Gasteiger partial charge is 0.106 e. The third kappa shape index (κ3) is 4.07. The highest BCUT2D eigenvalue weighted by atomic mass is 19.1. The van der Waals surface area contributed by atoms with E-state index in [0.29, 0.717) is 25.2 Å². The van der Waals surface area contributed by atoms with Crippen molar-refractivity contribution in [1.29, 1.82) is 0 Å². The van der Waals surface area contributed by atoms with Crippen molar-refractivity contribution < 1.29 is 13.2 Å². The molecule has 0 aromatic carbocycles. The first-order valence-electron chi connectivity index (χ1n) is 9.92. The van der Waals surface area contributed by atoms with Crippen molar-refractivity contribution >= 4 is 0 Å². The summed E-state index contributed by atoms with van der Waals surface area (Å²) in [4.78, 5) is 0. The molecule has 0 aliphatic heterocycles. The normalized spacial score (nSPS) is 49.0. The molecule has 3 heteroatoms. The molecule has 6 atom stereocenters. The number of rotatable bonds is 3. The average molecular weight is 330 g/mol. The monoisotopic (exact) mass is 330 g/mol. The maximum absolute atomic E-state index is 14.8. The second-order valence-electron chi connectivity index (χ2n) is 8.78. The first-order chi connectivity index (χ1) is 11.1. The van der Waals surface area contributed by atoms with E-state index in [1.807, 2.05) is 0 Å². The SMILES string of the molecule is CC1CCC(C2CCC(C3CCC(CF)C(F)C3)C(F)C2)CC1. The Morgan fingerprint density at radius 2 is 1.30 bits per heavy atom. The number of hydrogen-bond acceptors (Lipinski definition) is 0. The van der Waals surface area contributed by atoms with Gasteiger partial charge in [0.15, 0.2) is 0 Å². The Kier molecular flexibility index (Phi) is 5.96. The van der Waals surface area contributed by atoms with Crippen molar-refractivity contribution in [3.05, 3.63) is 0 Å². The maximum atomic E-state index is 14.8. The molecule has 0 heterocycles. The van der Waals surface area contributed by atoms with Crippen LogP contribution in [-0.4, -0.2) is 19.0 Å². The van der Waals surface area contributed by atoms with Crippen LogP contribution in [0.15, 0.2) is 0 Å². The van der Waals surface area contributed by atoms with Gasteiger partial charge in [-0.25, -0.2) is 8.78 Å². The highest BCUT2D eigenvalue weighted by Crippen LogP contribution is 2.47. The van der Waals surface area contributed by atoms with E-state index in [0.717, 1.165) is 31.1 Å². The minimum Gasteiger partial charge on any atom is -0.251 e. The summed E-state index contributed by atoms with van der Waals surface area (Å²) >= 11 is 0. The molecule has 3 saturated carbocycles. The van der Waals surface area contributed by atoms with Gasteiger partial charge in [0.05, 0.1) is 6.67 Å². The van der Waals surface area contributed by atoms with Gasteiger partial charge in [-0.05, 0) is 81.0 Å². The van der Waals surface area contributed by atoms with Crippen LogP contribution in [0.2, 0.25) is 0 Å². The fraction of sp³-hybridized carbons (Fsp3) is 1.00. The molecule has 134 valence electrons. The third-order valence-electron chi connectivity index (χ3n) is 7.34. The summed E-state index contributed by atoms with van der Waals surface area (Å²) in [6.07, 6.45) is 7.93. The topological polar surface area (TPSA) is 0 Å². The Bertz CT molecular complexity index is 364. The van der Waals surface area contributed by atoms with Crippen molar-refractivity contribution in [2.75, 3.05) is 6.67 Å². The third-order valence-corrected chi connectivity index (χ3v) is 7.34. The van der Waals surface area contributed by atoms with Gasteiger partial charge in [0.25, 0.3) is 0 Å². The number of hydrogen-bond donors (Lipinski definition) is 0. The molecular weight excluding hydrogens is 297 g/mol. The number of halogens is 3. The van der Waals surface area contributed by atoms with Crippen molar-refractivity contribution in [2.24, 2.45) is 35.5 Å². The molecule has 3 aliphatic rings. The molecule has 3 rings (SSSR count). The zero-order chi connectivity index (χ0) is 16.4. The van der Waals surface area contributed by atoms with E-state index in [1.54, 1.807) is 0 Å². The highest BCUT2D eigenvalue weighted by molar-refractivity contribution is 4.91. The molecular formula is C20H33F3. The number of alkyl halides is 3. The van der Waals surface area contributed by atoms with Crippen molar-refractivity contribution in [2.45, 2.75) is 83.5 Å². The lowest BCUT2D eigenvalue weighted by molar-refractivity contribution is 0.0104. The molecule has 0 saturated heterocycles. The van der Waals surface area contributed by atoms with E-state index >= 15 is 0 Å². The molecule has 3 aliphatic carbocycles. The Balaban J connectivity index is 1.51. The van der Waals surface area contributed by atoms with Crippen LogP contribution < -0.4 is 0 Å². The van der Waals surface area contributed by atoms with Crippen molar-refractivity contribution in [3.8, 4) is 0 Å². The van der Waals surface area contributed by atoms with Crippen LogP contribution in [0.4, 0.5) is 13.2 Å². The van der Waals surface area contributed by atoms with Gasteiger partial charge in [-0.1, -0.05) is 19.8 Å². The van der Waals surface area contributed by atoms with E-state index in [-0.39, 0.29) is 11.8 Å². The highest BCUT2D eigenvalue weighted by Gasteiger charge is 2.42. The minimum atomic E-state index is -1.05. The Morgan fingerprint density at radius 1 is 0.696 bits per heavy atom. The van der Waals surface area contributed by atoms with Crippen LogP contribution in [-0.2, 0) is 0 Å². The molecule has 0 spiro atoms. The van der Waals surface area contributed by atoms with Crippen molar-refractivity contribution in [3.63, 3.8) is 0 Å². The molecule has 0 radical (unpaired) electrons. The van der Waals surface area contributed by atoms with Crippen LogP contribution in [0.25, 0.3) is 0 Å². The van der Waals surface area contributed by atoms with E-state index in [2.05, 4.69) is 6.92 Å². The first kappa shape index (κ1) is 17.6. The van der Waals surface area contributed by atoms with E-state index in [4.69, 9.17) is 0 Å². The summed E-state index contributed by atoms with van der Waals surface area (Å²) in [6.45, 7) is 1.77. The van der Waals surface area contributed by atoms with Gasteiger partial charge in [-0.3, -0.25) is 4.39 Å². The van der Waals surface area contributed by atoms with Gasteiger partial charge in [0.2, 0.25) is 0 Å². The van der Waals surface area contributed by atoms with E-state index in [9.17, 15) is 13.2 Å².